The van der Waals surface area contributed by atoms with Gasteiger partial charge in [-0.2, -0.15) is 0 Å². The number of aromatic nitrogens is 2. The van der Waals surface area contributed by atoms with Crippen LogP contribution in [0, 0.1) is 0 Å². The molecular formula is C20H30IN7O. The van der Waals surface area contributed by atoms with Gasteiger partial charge < -0.3 is 20.7 Å². The number of benzene rings is 1. The molecule has 29 heavy (non-hydrogen) atoms. The Morgan fingerprint density at radius 3 is 2.41 bits per heavy atom. The zero-order chi connectivity index (χ0) is 19.8. The predicted molar refractivity (Wildman–Crippen MR) is 128 cm³/mol. The van der Waals surface area contributed by atoms with E-state index in [-0.39, 0.29) is 30.1 Å². The summed E-state index contributed by atoms with van der Waals surface area (Å²) < 4.78 is 5.64. The van der Waals surface area contributed by atoms with E-state index >= 15 is 0 Å². The topological polar surface area (TPSA) is 91.9 Å². The Bertz CT molecular complexity index is 747. The van der Waals surface area contributed by atoms with Gasteiger partial charge in [-0.05, 0) is 44.2 Å². The standard InChI is InChI=1S/C20H29N7O.HI/c1-16(2)28-18-6-4-17(5-7-18)25-19(21)22-10-11-26-12-14-27(15-13-26)20-23-8-3-9-24-20;/h3-9,16H,10-15H2,1-2H3,(H3,21,22,25);1H. The van der Waals surface area contributed by atoms with Crippen LogP contribution in [0.1, 0.15) is 13.8 Å². The molecule has 2 aromatic rings. The highest BCUT2D eigenvalue weighted by atomic mass is 127. The van der Waals surface area contributed by atoms with Crippen molar-refractivity contribution in [3.63, 3.8) is 0 Å². The zero-order valence-corrected chi connectivity index (χ0v) is 19.3. The van der Waals surface area contributed by atoms with Crippen molar-refractivity contribution in [1.82, 2.24) is 14.9 Å². The quantitative estimate of drug-likeness (QED) is 0.335. The minimum absolute atomic E-state index is 0. The Labute approximate surface area is 189 Å². The van der Waals surface area contributed by atoms with E-state index in [9.17, 15) is 0 Å². The second-order valence-corrected chi connectivity index (χ2v) is 6.96. The van der Waals surface area contributed by atoms with Crippen molar-refractivity contribution in [3.05, 3.63) is 42.7 Å². The van der Waals surface area contributed by atoms with Gasteiger partial charge in [0.1, 0.15) is 5.75 Å². The molecular weight excluding hydrogens is 481 g/mol. The molecule has 0 radical (unpaired) electrons. The number of halogens is 1. The highest BCUT2D eigenvalue weighted by Crippen LogP contribution is 2.16. The lowest BCUT2D eigenvalue weighted by Gasteiger charge is -2.34. The van der Waals surface area contributed by atoms with Gasteiger partial charge in [-0.1, -0.05) is 0 Å². The molecule has 1 aliphatic rings. The fraction of sp³-hybridized carbons (Fsp3) is 0.450. The van der Waals surface area contributed by atoms with Crippen molar-refractivity contribution < 1.29 is 4.74 Å². The first-order valence-corrected chi connectivity index (χ1v) is 9.68. The van der Waals surface area contributed by atoms with Crippen LogP contribution in [0.25, 0.3) is 0 Å². The zero-order valence-electron chi connectivity index (χ0n) is 17.0. The summed E-state index contributed by atoms with van der Waals surface area (Å²) >= 11 is 0. The second-order valence-electron chi connectivity index (χ2n) is 6.96. The SMILES string of the molecule is CC(C)Oc1ccc(NC(N)=NCCN2CCN(c3ncccn3)CC2)cc1.I. The average Bonchev–Trinajstić information content (AvgIpc) is 2.70. The van der Waals surface area contributed by atoms with E-state index in [2.05, 4.69) is 30.1 Å². The van der Waals surface area contributed by atoms with Crippen LogP contribution in [-0.2, 0) is 0 Å². The van der Waals surface area contributed by atoms with Crippen molar-refractivity contribution >= 4 is 41.6 Å². The number of nitrogens with two attached hydrogens (primary N) is 1. The van der Waals surface area contributed by atoms with Gasteiger partial charge in [-0.25, -0.2) is 9.97 Å². The molecule has 0 saturated carbocycles. The number of anilines is 2. The highest BCUT2D eigenvalue weighted by molar-refractivity contribution is 14.0. The predicted octanol–water partition coefficient (Wildman–Crippen LogP) is 2.43. The summed E-state index contributed by atoms with van der Waals surface area (Å²) in [5, 5.41) is 3.12. The molecule has 3 rings (SSSR count). The van der Waals surface area contributed by atoms with E-state index in [1.165, 1.54) is 0 Å². The maximum Gasteiger partial charge on any atom is 0.225 e. The molecule has 0 spiro atoms. The Hall–Kier alpha value is -2.14. The van der Waals surface area contributed by atoms with Crippen molar-refractivity contribution in [3.8, 4) is 5.75 Å². The molecule has 0 amide bonds. The van der Waals surface area contributed by atoms with E-state index in [0.717, 1.165) is 50.1 Å². The van der Waals surface area contributed by atoms with Crippen LogP contribution < -0.4 is 20.7 Å². The molecule has 0 bridgehead atoms. The smallest absolute Gasteiger partial charge is 0.225 e. The summed E-state index contributed by atoms with van der Waals surface area (Å²) in [5.41, 5.74) is 6.90. The second kappa shape index (κ2) is 11.8. The van der Waals surface area contributed by atoms with Crippen LogP contribution >= 0.6 is 24.0 Å². The molecule has 0 atom stereocenters. The number of nitrogens with one attached hydrogen (secondary N) is 1. The van der Waals surface area contributed by atoms with Gasteiger partial charge in [0.2, 0.25) is 5.95 Å². The number of hydrogen-bond acceptors (Lipinski definition) is 6. The molecule has 1 aliphatic heterocycles. The van der Waals surface area contributed by atoms with Crippen LogP contribution in [-0.4, -0.2) is 66.2 Å². The van der Waals surface area contributed by atoms with Gasteiger partial charge in [0.05, 0.1) is 12.6 Å². The number of ether oxygens (including phenoxy) is 1. The van der Waals surface area contributed by atoms with Crippen LogP contribution in [0.5, 0.6) is 5.75 Å². The summed E-state index contributed by atoms with van der Waals surface area (Å²) in [5.74, 6) is 2.07. The van der Waals surface area contributed by atoms with Gasteiger partial charge in [-0.3, -0.25) is 9.89 Å². The molecule has 3 N–H and O–H groups in total. The summed E-state index contributed by atoms with van der Waals surface area (Å²) in [4.78, 5) is 17.7. The van der Waals surface area contributed by atoms with Crippen molar-refractivity contribution in [2.45, 2.75) is 20.0 Å². The molecule has 158 valence electrons. The minimum Gasteiger partial charge on any atom is -0.491 e. The monoisotopic (exact) mass is 511 g/mol. The van der Waals surface area contributed by atoms with Crippen LogP contribution in [0.15, 0.2) is 47.7 Å². The van der Waals surface area contributed by atoms with Crippen molar-refractivity contribution in [2.24, 2.45) is 10.7 Å². The fourth-order valence-corrected chi connectivity index (χ4v) is 3.01. The van der Waals surface area contributed by atoms with E-state index in [4.69, 9.17) is 10.5 Å². The van der Waals surface area contributed by atoms with Gasteiger partial charge >= 0.3 is 0 Å². The van der Waals surface area contributed by atoms with E-state index < -0.39 is 0 Å². The van der Waals surface area contributed by atoms with Crippen LogP contribution in [0.3, 0.4) is 0 Å². The van der Waals surface area contributed by atoms with Gasteiger partial charge in [0.15, 0.2) is 5.96 Å². The molecule has 1 aromatic heterocycles. The van der Waals surface area contributed by atoms with Gasteiger partial charge in [-0.15, -0.1) is 24.0 Å². The molecule has 8 nitrogen and oxygen atoms in total. The molecule has 1 aromatic carbocycles. The number of piperazine rings is 1. The third-order valence-corrected chi connectivity index (χ3v) is 4.40. The Balaban J connectivity index is 0.00000300. The van der Waals surface area contributed by atoms with E-state index in [1.54, 1.807) is 12.4 Å². The van der Waals surface area contributed by atoms with Crippen molar-refractivity contribution in [1.29, 1.82) is 0 Å². The number of hydrogen-bond donors (Lipinski definition) is 2. The lowest BCUT2D eigenvalue weighted by Crippen LogP contribution is -2.47. The first-order valence-electron chi connectivity index (χ1n) is 9.68. The van der Waals surface area contributed by atoms with Crippen LogP contribution in [0.4, 0.5) is 11.6 Å². The lowest BCUT2D eigenvalue weighted by molar-refractivity contribution is 0.242. The average molecular weight is 511 g/mol. The first-order chi connectivity index (χ1) is 13.6. The van der Waals surface area contributed by atoms with E-state index in [1.807, 2.05) is 44.2 Å². The molecule has 2 heterocycles. The number of rotatable bonds is 7. The largest absolute Gasteiger partial charge is 0.491 e. The van der Waals surface area contributed by atoms with Gasteiger partial charge in [0.25, 0.3) is 0 Å². The molecule has 1 saturated heterocycles. The molecule has 1 fully saturated rings. The van der Waals surface area contributed by atoms with Gasteiger partial charge in [0, 0.05) is 50.8 Å². The van der Waals surface area contributed by atoms with Crippen LogP contribution in [0.2, 0.25) is 0 Å². The summed E-state index contributed by atoms with van der Waals surface area (Å²) in [7, 11) is 0. The maximum atomic E-state index is 6.00. The molecule has 9 heteroatoms. The van der Waals surface area contributed by atoms with Crippen molar-refractivity contribution in [2.75, 3.05) is 49.5 Å². The summed E-state index contributed by atoms with van der Waals surface area (Å²) in [6.45, 7) is 9.34. The van der Waals surface area contributed by atoms with E-state index in [0.29, 0.717) is 12.5 Å². The summed E-state index contributed by atoms with van der Waals surface area (Å²) in [6.07, 6.45) is 3.72. The normalized spacial score (nSPS) is 15.1. The Morgan fingerprint density at radius 2 is 1.79 bits per heavy atom. The third-order valence-electron chi connectivity index (χ3n) is 4.40. The number of aliphatic imine (C=N–C) groups is 1. The maximum absolute atomic E-state index is 6.00. The lowest BCUT2D eigenvalue weighted by atomic mass is 10.3. The minimum atomic E-state index is 0. The number of nitrogens with zero attached hydrogens (tertiary/aromatic N) is 5. The first kappa shape index (κ1) is 23.1. The third kappa shape index (κ3) is 7.65. The fourth-order valence-electron chi connectivity index (χ4n) is 3.01. The highest BCUT2D eigenvalue weighted by Gasteiger charge is 2.18. The molecule has 0 aliphatic carbocycles. The number of guanidine groups is 1. The Kier molecular flexibility index (Phi) is 9.39. The molecule has 0 unspecified atom stereocenters. The summed E-state index contributed by atoms with van der Waals surface area (Å²) in [6, 6.07) is 9.55. The Morgan fingerprint density at radius 1 is 1.14 bits per heavy atom.